The van der Waals surface area contributed by atoms with E-state index in [4.69, 9.17) is 10.2 Å². The number of carboxylic acids is 1. The number of nitrogens with one attached hydrogen (secondary N) is 1. The van der Waals surface area contributed by atoms with Crippen molar-refractivity contribution in [2.45, 2.75) is 6.04 Å². The van der Waals surface area contributed by atoms with Crippen LogP contribution in [-0.2, 0) is 4.79 Å². The molecule has 16 heavy (non-hydrogen) atoms. The lowest BCUT2D eigenvalue weighted by molar-refractivity contribution is -0.140. The maximum atomic E-state index is 11.6. The quantitative estimate of drug-likeness (QED) is 0.725. The van der Waals surface area contributed by atoms with Crippen LogP contribution in [0.25, 0.3) is 0 Å². The number of aliphatic hydroxyl groups excluding tert-OH is 1. The number of aliphatic hydroxyl groups is 1. The molecule has 6 nitrogen and oxygen atoms in total. The molecule has 0 spiro atoms. The highest BCUT2D eigenvalue weighted by molar-refractivity contribution is 9.10. The number of amides is 1. The Morgan fingerprint density at radius 3 is 2.75 bits per heavy atom. The Bertz CT molecular complexity index is 410. The van der Waals surface area contributed by atoms with Crippen LogP contribution in [0.1, 0.15) is 10.5 Å². The summed E-state index contributed by atoms with van der Waals surface area (Å²) in [4.78, 5) is 25.9. The van der Waals surface area contributed by atoms with Crippen molar-refractivity contribution in [2.24, 2.45) is 0 Å². The number of carbonyl (C=O) groups is 2. The summed E-state index contributed by atoms with van der Waals surface area (Å²) in [5.74, 6) is -1.96. The van der Waals surface area contributed by atoms with Gasteiger partial charge in [-0.3, -0.25) is 4.79 Å². The summed E-state index contributed by atoms with van der Waals surface area (Å²) in [5.41, 5.74) is 0.0715. The maximum absolute atomic E-state index is 11.6. The van der Waals surface area contributed by atoms with E-state index in [0.29, 0.717) is 4.47 Å². The van der Waals surface area contributed by atoms with E-state index in [9.17, 15) is 9.59 Å². The lowest BCUT2D eigenvalue weighted by atomic mass is 10.3. The fraction of sp³-hybridized carbons (Fsp3) is 0.222. The van der Waals surface area contributed by atoms with E-state index >= 15 is 0 Å². The molecule has 1 aromatic rings. The van der Waals surface area contributed by atoms with Crippen LogP contribution in [0.2, 0.25) is 0 Å². The second-order valence-electron chi connectivity index (χ2n) is 2.88. The van der Waals surface area contributed by atoms with Gasteiger partial charge in [0.25, 0.3) is 5.91 Å². The van der Waals surface area contributed by atoms with Gasteiger partial charge in [-0.05, 0) is 28.1 Å². The Balaban J connectivity index is 2.80. The number of carboxylic acid groups (broad SMARTS) is 1. The predicted molar refractivity (Wildman–Crippen MR) is 57.9 cm³/mol. The van der Waals surface area contributed by atoms with Crippen LogP contribution in [0.3, 0.4) is 0 Å². The van der Waals surface area contributed by atoms with Gasteiger partial charge < -0.3 is 15.5 Å². The molecule has 0 fully saturated rings. The molecule has 0 aliphatic heterocycles. The third-order valence-electron chi connectivity index (χ3n) is 1.76. The van der Waals surface area contributed by atoms with Crippen molar-refractivity contribution in [2.75, 3.05) is 6.61 Å². The molecule has 0 saturated carbocycles. The highest BCUT2D eigenvalue weighted by Gasteiger charge is 2.21. The molecule has 0 aromatic carbocycles. The summed E-state index contributed by atoms with van der Waals surface area (Å²) in [6.07, 6.45) is 1.41. The molecule has 1 heterocycles. The Morgan fingerprint density at radius 2 is 2.25 bits per heavy atom. The van der Waals surface area contributed by atoms with Gasteiger partial charge in [0, 0.05) is 10.7 Å². The number of aliphatic carboxylic acids is 1. The van der Waals surface area contributed by atoms with Crippen LogP contribution in [-0.4, -0.2) is 39.7 Å². The Labute approximate surface area is 99.4 Å². The molecular formula is C9H9BrN2O4. The highest BCUT2D eigenvalue weighted by atomic mass is 79.9. The van der Waals surface area contributed by atoms with E-state index in [1.54, 1.807) is 12.1 Å². The average Bonchev–Trinajstić information content (AvgIpc) is 2.25. The summed E-state index contributed by atoms with van der Waals surface area (Å²) in [5, 5.41) is 19.5. The first-order chi connectivity index (χ1) is 7.56. The minimum absolute atomic E-state index is 0.0715. The third kappa shape index (κ3) is 3.01. The van der Waals surface area contributed by atoms with Crippen LogP contribution >= 0.6 is 15.9 Å². The molecular weight excluding hydrogens is 280 g/mol. The van der Waals surface area contributed by atoms with E-state index in [-0.39, 0.29) is 5.69 Å². The number of hydrogen-bond acceptors (Lipinski definition) is 4. The van der Waals surface area contributed by atoms with Crippen molar-refractivity contribution in [3.63, 3.8) is 0 Å². The van der Waals surface area contributed by atoms with Gasteiger partial charge >= 0.3 is 5.97 Å². The second kappa shape index (κ2) is 5.57. The van der Waals surface area contributed by atoms with Gasteiger partial charge in [-0.2, -0.15) is 0 Å². The number of aromatic nitrogens is 1. The van der Waals surface area contributed by atoms with E-state index in [1.807, 2.05) is 0 Å². The van der Waals surface area contributed by atoms with Crippen LogP contribution < -0.4 is 5.32 Å². The number of carbonyl (C=O) groups excluding carboxylic acids is 1. The van der Waals surface area contributed by atoms with Gasteiger partial charge in [-0.1, -0.05) is 0 Å². The zero-order chi connectivity index (χ0) is 12.1. The zero-order valence-corrected chi connectivity index (χ0v) is 9.64. The topological polar surface area (TPSA) is 99.5 Å². The van der Waals surface area contributed by atoms with Crippen molar-refractivity contribution < 1.29 is 19.8 Å². The van der Waals surface area contributed by atoms with Crippen molar-refractivity contribution in [1.29, 1.82) is 0 Å². The van der Waals surface area contributed by atoms with Gasteiger partial charge in [0.05, 0.1) is 6.61 Å². The number of rotatable bonds is 4. The van der Waals surface area contributed by atoms with Crippen LogP contribution in [0, 0.1) is 0 Å². The van der Waals surface area contributed by atoms with Crippen LogP contribution in [0.4, 0.5) is 0 Å². The van der Waals surface area contributed by atoms with E-state index in [0.717, 1.165) is 0 Å². The lowest BCUT2D eigenvalue weighted by Crippen LogP contribution is -2.43. The summed E-state index contributed by atoms with van der Waals surface area (Å²) < 4.78 is 0.453. The molecule has 1 rings (SSSR count). The monoisotopic (exact) mass is 288 g/mol. The van der Waals surface area contributed by atoms with Crippen LogP contribution in [0.5, 0.6) is 0 Å². The molecule has 1 aromatic heterocycles. The summed E-state index contributed by atoms with van der Waals surface area (Å²) >= 11 is 3.11. The van der Waals surface area contributed by atoms with Gasteiger partial charge in [0.1, 0.15) is 5.69 Å². The summed E-state index contributed by atoms with van der Waals surface area (Å²) in [7, 11) is 0. The molecule has 1 amide bonds. The predicted octanol–water partition coefficient (Wildman–Crippen LogP) is 0.0194. The molecule has 86 valence electrons. The average molecular weight is 289 g/mol. The van der Waals surface area contributed by atoms with E-state index in [1.165, 1.54) is 6.20 Å². The van der Waals surface area contributed by atoms with Crippen molar-refractivity contribution in [3.05, 3.63) is 28.5 Å². The third-order valence-corrected chi connectivity index (χ3v) is 2.40. The summed E-state index contributed by atoms with van der Waals surface area (Å²) in [6.45, 7) is -0.675. The molecule has 0 aliphatic rings. The number of pyridine rings is 1. The van der Waals surface area contributed by atoms with Crippen molar-refractivity contribution >= 4 is 27.8 Å². The second-order valence-corrected chi connectivity index (χ2v) is 3.74. The molecule has 7 heteroatoms. The lowest BCUT2D eigenvalue weighted by Gasteiger charge is -2.11. The largest absolute Gasteiger partial charge is 0.480 e. The molecule has 3 N–H and O–H groups in total. The maximum Gasteiger partial charge on any atom is 0.328 e. The Morgan fingerprint density at radius 1 is 1.56 bits per heavy atom. The minimum Gasteiger partial charge on any atom is -0.480 e. The molecule has 0 saturated heterocycles. The SMILES string of the molecule is O=C(NC(CO)C(=O)O)c1ncccc1Br. The van der Waals surface area contributed by atoms with E-state index in [2.05, 4.69) is 26.2 Å². The Kier molecular flexibility index (Phi) is 4.39. The highest BCUT2D eigenvalue weighted by Crippen LogP contribution is 2.12. The zero-order valence-electron chi connectivity index (χ0n) is 8.05. The standard InChI is InChI=1S/C9H9BrN2O4/c10-5-2-1-3-11-7(5)8(14)12-6(4-13)9(15)16/h1-3,6,13H,4H2,(H,12,14)(H,15,16). The molecule has 1 atom stereocenters. The molecule has 0 radical (unpaired) electrons. The van der Waals surface area contributed by atoms with Gasteiger partial charge in [-0.15, -0.1) is 0 Å². The first-order valence-corrected chi connectivity index (χ1v) is 5.10. The Hall–Kier alpha value is -1.47. The van der Waals surface area contributed by atoms with Crippen molar-refractivity contribution in [1.82, 2.24) is 10.3 Å². The normalized spacial score (nSPS) is 11.9. The molecule has 0 bridgehead atoms. The van der Waals surface area contributed by atoms with Gasteiger partial charge in [0.2, 0.25) is 0 Å². The molecule has 1 unspecified atom stereocenters. The van der Waals surface area contributed by atoms with Gasteiger partial charge in [0.15, 0.2) is 6.04 Å². The molecule has 0 aliphatic carbocycles. The number of hydrogen-bond donors (Lipinski definition) is 3. The number of halogens is 1. The smallest absolute Gasteiger partial charge is 0.328 e. The van der Waals surface area contributed by atoms with Crippen LogP contribution in [0.15, 0.2) is 22.8 Å². The minimum atomic E-state index is -1.33. The van der Waals surface area contributed by atoms with Gasteiger partial charge in [-0.25, -0.2) is 9.78 Å². The fourth-order valence-electron chi connectivity index (χ4n) is 0.965. The van der Waals surface area contributed by atoms with Crippen molar-refractivity contribution in [3.8, 4) is 0 Å². The first kappa shape index (κ1) is 12.6. The first-order valence-electron chi connectivity index (χ1n) is 4.31. The van der Waals surface area contributed by atoms with E-state index < -0.39 is 24.5 Å². The fourth-order valence-corrected chi connectivity index (χ4v) is 1.40. The number of nitrogens with zero attached hydrogens (tertiary/aromatic N) is 1. The summed E-state index contributed by atoms with van der Waals surface area (Å²) in [6, 6.07) is 1.90.